The van der Waals surface area contributed by atoms with Crippen LogP contribution in [0.4, 0.5) is 5.69 Å². The van der Waals surface area contributed by atoms with Crippen LogP contribution >= 0.6 is 11.6 Å². The molecule has 0 aromatic heterocycles. The van der Waals surface area contributed by atoms with E-state index < -0.39 is 5.54 Å². The summed E-state index contributed by atoms with van der Waals surface area (Å²) in [5.41, 5.74) is 5.61. The standard InChI is InChI=1S/C17H16ClN3O2/c1-17(2,10-19)21-16(22)11-4-3-5-13(8-11)23-15-7-6-12(20)9-14(15)18/h3-9H,20H2,1-2H3,(H,21,22). The van der Waals surface area contributed by atoms with Gasteiger partial charge in [0.25, 0.3) is 5.91 Å². The van der Waals surface area contributed by atoms with Crippen molar-refractivity contribution in [2.75, 3.05) is 5.73 Å². The zero-order chi connectivity index (χ0) is 17.0. The van der Waals surface area contributed by atoms with Gasteiger partial charge in [0.05, 0.1) is 11.1 Å². The maximum absolute atomic E-state index is 12.2. The molecule has 0 aliphatic heterocycles. The fourth-order valence-electron chi connectivity index (χ4n) is 1.81. The molecule has 0 heterocycles. The lowest BCUT2D eigenvalue weighted by Gasteiger charge is -2.17. The molecule has 0 fully saturated rings. The molecule has 0 saturated heterocycles. The monoisotopic (exact) mass is 329 g/mol. The first kappa shape index (κ1) is 16.7. The van der Waals surface area contributed by atoms with E-state index in [1.807, 2.05) is 6.07 Å². The van der Waals surface area contributed by atoms with Crippen LogP contribution in [0.3, 0.4) is 0 Å². The number of carbonyl (C=O) groups is 1. The summed E-state index contributed by atoms with van der Waals surface area (Å²) in [6, 6.07) is 13.5. The Kier molecular flexibility index (Phi) is 4.77. The van der Waals surface area contributed by atoms with E-state index in [0.29, 0.717) is 27.8 Å². The lowest BCUT2D eigenvalue weighted by Crippen LogP contribution is -2.42. The van der Waals surface area contributed by atoms with E-state index in [9.17, 15) is 4.79 Å². The van der Waals surface area contributed by atoms with E-state index in [-0.39, 0.29) is 5.91 Å². The number of hydrogen-bond acceptors (Lipinski definition) is 4. The van der Waals surface area contributed by atoms with Crippen molar-refractivity contribution in [3.63, 3.8) is 0 Å². The van der Waals surface area contributed by atoms with Crippen molar-refractivity contribution >= 4 is 23.2 Å². The number of ether oxygens (including phenoxy) is 1. The number of nitriles is 1. The fourth-order valence-corrected chi connectivity index (χ4v) is 2.04. The first-order valence-electron chi connectivity index (χ1n) is 6.87. The van der Waals surface area contributed by atoms with Crippen molar-refractivity contribution in [2.45, 2.75) is 19.4 Å². The van der Waals surface area contributed by atoms with Crippen LogP contribution in [0.1, 0.15) is 24.2 Å². The predicted octanol–water partition coefficient (Wildman–Crippen LogP) is 3.75. The summed E-state index contributed by atoms with van der Waals surface area (Å²) in [7, 11) is 0. The predicted molar refractivity (Wildman–Crippen MR) is 89.5 cm³/mol. The Hall–Kier alpha value is -2.71. The van der Waals surface area contributed by atoms with E-state index in [1.165, 1.54) is 0 Å². The maximum Gasteiger partial charge on any atom is 0.252 e. The van der Waals surface area contributed by atoms with Crippen LogP contribution in [0, 0.1) is 11.3 Å². The summed E-state index contributed by atoms with van der Waals surface area (Å²) in [6.45, 7) is 3.25. The van der Waals surface area contributed by atoms with Crippen molar-refractivity contribution in [1.82, 2.24) is 5.32 Å². The smallest absolute Gasteiger partial charge is 0.252 e. The Bertz CT molecular complexity index is 782. The summed E-state index contributed by atoms with van der Waals surface area (Å²) in [5.74, 6) is 0.542. The Morgan fingerprint density at radius 2 is 2.04 bits per heavy atom. The molecule has 3 N–H and O–H groups in total. The molecule has 6 heteroatoms. The molecular formula is C17H16ClN3O2. The van der Waals surface area contributed by atoms with Crippen LogP contribution < -0.4 is 15.8 Å². The molecule has 0 bridgehead atoms. The minimum atomic E-state index is -0.950. The van der Waals surface area contributed by atoms with Gasteiger partial charge in [-0.15, -0.1) is 0 Å². The maximum atomic E-state index is 12.2. The average Bonchev–Trinajstić information content (AvgIpc) is 2.50. The van der Waals surface area contributed by atoms with Gasteiger partial charge in [-0.05, 0) is 50.2 Å². The third-order valence-electron chi connectivity index (χ3n) is 2.99. The quantitative estimate of drug-likeness (QED) is 0.836. The molecule has 23 heavy (non-hydrogen) atoms. The number of anilines is 1. The first-order chi connectivity index (χ1) is 10.8. The molecule has 2 rings (SSSR count). The van der Waals surface area contributed by atoms with Crippen molar-refractivity contribution in [3.05, 3.63) is 53.1 Å². The van der Waals surface area contributed by atoms with Crippen molar-refractivity contribution in [1.29, 1.82) is 5.26 Å². The number of carbonyl (C=O) groups excluding carboxylic acids is 1. The highest BCUT2D eigenvalue weighted by molar-refractivity contribution is 6.32. The second-order valence-corrected chi connectivity index (χ2v) is 5.92. The minimum Gasteiger partial charge on any atom is -0.456 e. The van der Waals surface area contributed by atoms with E-state index in [4.69, 9.17) is 27.3 Å². The molecule has 0 atom stereocenters. The van der Waals surface area contributed by atoms with Gasteiger partial charge in [-0.25, -0.2) is 0 Å². The van der Waals surface area contributed by atoms with Crippen LogP contribution in [0.25, 0.3) is 0 Å². The van der Waals surface area contributed by atoms with Gasteiger partial charge in [0.1, 0.15) is 17.0 Å². The zero-order valence-electron chi connectivity index (χ0n) is 12.8. The number of halogens is 1. The fraction of sp³-hybridized carbons (Fsp3) is 0.176. The summed E-state index contributed by atoms with van der Waals surface area (Å²) < 4.78 is 5.68. The second kappa shape index (κ2) is 6.59. The van der Waals surface area contributed by atoms with Crippen molar-refractivity contribution in [3.8, 4) is 17.6 Å². The Morgan fingerprint density at radius 1 is 1.30 bits per heavy atom. The molecule has 2 aromatic carbocycles. The number of nitrogens with zero attached hydrogens (tertiary/aromatic N) is 1. The van der Waals surface area contributed by atoms with Gasteiger partial charge < -0.3 is 15.8 Å². The molecule has 0 aliphatic rings. The summed E-state index contributed by atoms with van der Waals surface area (Å²) in [6.07, 6.45) is 0. The number of nitrogens with two attached hydrogens (primary N) is 1. The highest BCUT2D eigenvalue weighted by atomic mass is 35.5. The van der Waals surface area contributed by atoms with Gasteiger partial charge in [0.2, 0.25) is 0 Å². The highest BCUT2D eigenvalue weighted by Crippen LogP contribution is 2.31. The van der Waals surface area contributed by atoms with Gasteiger partial charge in [-0.3, -0.25) is 4.79 Å². The van der Waals surface area contributed by atoms with Crippen LogP contribution in [-0.2, 0) is 0 Å². The average molecular weight is 330 g/mol. The lowest BCUT2D eigenvalue weighted by molar-refractivity contribution is 0.0929. The number of benzene rings is 2. The van der Waals surface area contributed by atoms with E-state index >= 15 is 0 Å². The first-order valence-corrected chi connectivity index (χ1v) is 7.25. The molecular weight excluding hydrogens is 314 g/mol. The van der Waals surface area contributed by atoms with Gasteiger partial charge >= 0.3 is 0 Å². The summed E-state index contributed by atoms with van der Waals surface area (Å²) in [5, 5.41) is 12.0. The van der Waals surface area contributed by atoms with Gasteiger partial charge in [-0.1, -0.05) is 17.7 Å². The molecule has 0 radical (unpaired) electrons. The van der Waals surface area contributed by atoms with Crippen molar-refractivity contribution in [2.24, 2.45) is 0 Å². The highest BCUT2D eigenvalue weighted by Gasteiger charge is 2.20. The second-order valence-electron chi connectivity index (χ2n) is 5.51. The molecule has 0 saturated carbocycles. The number of nitrogens with one attached hydrogen (secondary N) is 1. The van der Waals surface area contributed by atoms with E-state index in [2.05, 4.69) is 5.32 Å². The molecule has 5 nitrogen and oxygen atoms in total. The number of nitrogen functional groups attached to an aromatic ring is 1. The zero-order valence-corrected chi connectivity index (χ0v) is 13.5. The van der Waals surface area contributed by atoms with Crippen LogP contribution in [0.2, 0.25) is 5.02 Å². The largest absolute Gasteiger partial charge is 0.456 e. The number of hydrogen-bond donors (Lipinski definition) is 2. The van der Waals surface area contributed by atoms with Crippen LogP contribution in [0.15, 0.2) is 42.5 Å². The van der Waals surface area contributed by atoms with Gasteiger partial charge in [0, 0.05) is 11.3 Å². The molecule has 0 unspecified atom stereocenters. The molecule has 118 valence electrons. The van der Waals surface area contributed by atoms with E-state index in [0.717, 1.165) is 0 Å². The van der Waals surface area contributed by atoms with Crippen molar-refractivity contribution < 1.29 is 9.53 Å². The lowest BCUT2D eigenvalue weighted by atomic mass is 10.1. The Labute approximate surface area is 139 Å². The van der Waals surface area contributed by atoms with Gasteiger partial charge in [0.15, 0.2) is 0 Å². The third-order valence-corrected chi connectivity index (χ3v) is 3.28. The summed E-state index contributed by atoms with van der Waals surface area (Å²) in [4.78, 5) is 12.2. The molecule has 0 aliphatic carbocycles. The van der Waals surface area contributed by atoms with E-state index in [1.54, 1.807) is 56.3 Å². The van der Waals surface area contributed by atoms with Crippen LogP contribution in [0.5, 0.6) is 11.5 Å². The third kappa shape index (κ3) is 4.38. The Morgan fingerprint density at radius 3 is 2.70 bits per heavy atom. The van der Waals surface area contributed by atoms with Crippen LogP contribution in [-0.4, -0.2) is 11.4 Å². The number of rotatable bonds is 4. The molecule has 1 amide bonds. The molecule has 2 aromatic rings. The minimum absolute atomic E-state index is 0.356. The molecule has 0 spiro atoms. The van der Waals surface area contributed by atoms with Gasteiger partial charge in [-0.2, -0.15) is 5.26 Å². The normalized spacial score (nSPS) is 10.7. The topological polar surface area (TPSA) is 88.1 Å². The SMILES string of the molecule is CC(C)(C#N)NC(=O)c1cccc(Oc2ccc(N)cc2Cl)c1. The Balaban J connectivity index is 2.20. The summed E-state index contributed by atoms with van der Waals surface area (Å²) >= 11 is 6.07. The number of amides is 1.